The standard InChI is InChI=1S/C36H29N3O5S2/c1-3-16-43-27-12-7-10-23(19-27)31-30(32(40)24-14-15-29-26(18-24)17-21(2)44-29)33(41)34(42)39(31)35-37-38-36(46-35)45-20-25-11-6-9-22-8-4-5-13-28(22)25/h3-15,18-19,21,31,40H,1,16-17,20H2,2H3/b32-30+. The maximum absolute atomic E-state index is 13.8. The third-order valence-electron chi connectivity index (χ3n) is 7.99. The van der Waals surface area contributed by atoms with Gasteiger partial charge in [-0.1, -0.05) is 90.4 Å². The zero-order valence-electron chi connectivity index (χ0n) is 24.9. The first-order valence-corrected chi connectivity index (χ1v) is 16.6. The van der Waals surface area contributed by atoms with Crippen LogP contribution in [-0.4, -0.2) is 39.7 Å². The predicted molar refractivity (Wildman–Crippen MR) is 181 cm³/mol. The Kier molecular flexibility index (Phi) is 8.06. The molecule has 1 saturated heterocycles. The van der Waals surface area contributed by atoms with Gasteiger partial charge in [-0.2, -0.15) is 0 Å². The highest BCUT2D eigenvalue weighted by Gasteiger charge is 2.48. The number of hydrogen-bond acceptors (Lipinski definition) is 9. The highest BCUT2D eigenvalue weighted by atomic mass is 32.2. The molecular weight excluding hydrogens is 619 g/mol. The minimum absolute atomic E-state index is 0.0152. The molecule has 2 aliphatic rings. The number of hydrogen-bond donors (Lipinski definition) is 1. The van der Waals surface area contributed by atoms with Crippen molar-refractivity contribution in [2.75, 3.05) is 11.5 Å². The largest absolute Gasteiger partial charge is 0.507 e. The van der Waals surface area contributed by atoms with Gasteiger partial charge in [0.25, 0.3) is 5.78 Å². The van der Waals surface area contributed by atoms with Crippen LogP contribution in [0.1, 0.15) is 35.2 Å². The van der Waals surface area contributed by atoms with E-state index in [1.165, 1.54) is 33.4 Å². The molecule has 1 N–H and O–H groups in total. The van der Waals surface area contributed by atoms with Gasteiger partial charge in [0.1, 0.15) is 30.0 Å². The van der Waals surface area contributed by atoms with E-state index in [0.717, 1.165) is 22.3 Å². The minimum atomic E-state index is -0.959. The van der Waals surface area contributed by atoms with Gasteiger partial charge in [0.05, 0.1) is 11.6 Å². The number of ketones is 1. The summed E-state index contributed by atoms with van der Waals surface area (Å²) in [5.74, 6) is 0.0853. The molecule has 2 atom stereocenters. The summed E-state index contributed by atoms with van der Waals surface area (Å²) < 4.78 is 12.2. The minimum Gasteiger partial charge on any atom is -0.507 e. The van der Waals surface area contributed by atoms with Crippen LogP contribution in [-0.2, 0) is 21.8 Å². The number of Topliss-reactive ketones (excluding diaryl/α,β-unsaturated/α-hetero) is 1. The van der Waals surface area contributed by atoms with E-state index < -0.39 is 17.7 Å². The van der Waals surface area contributed by atoms with Gasteiger partial charge in [-0.05, 0) is 64.7 Å². The van der Waals surface area contributed by atoms with Crippen LogP contribution in [0, 0.1) is 0 Å². The van der Waals surface area contributed by atoms with Gasteiger partial charge in [-0.25, -0.2) is 0 Å². The number of carbonyl (C=O) groups is 2. The lowest BCUT2D eigenvalue weighted by atomic mass is 9.94. The Balaban J connectivity index is 1.26. The van der Waals surface area contributed by atoms with E-state index in [-0.39, 0.29) is 29.2 Å². The summed E-state index contributed by atoms with van der Waals surface area (Å²) in [6, 6.07) is 25.9. The molecule has 0 spiro atoms. The van der Waals surface area contributed by atoms with E-state index in [1.807, 2.05) is 31.2 Å². The average molecular weight is 648 g/mol. The Morgan fingerprint density at radius 1 is 1.09 bits per heavy atom. The van der Waals surface area contributed by atoms with Crippen molar-refractivity contribution < 1.29 is 24.2 Å². The molecular formula is C36H29N3O5S2. The lowest BCUT2D eigenvalue weighted by Gasteiger charge is -2.23. The number of fused-ring (bicyclic) bond motifs is 2. The fourth-order valence-electron chi connectivity index (χ4n) is 5.92. The smallest absolute Gasteiger partial charge is 0.301 e. The van der Waals surface area contributed by atoms with Crippen molar-refractivity contribution >= 4 is 56.5 Å². The van der Waals surface area contributed by atoms with Gasteiger partial charge in [-0.3, -0.25) is 14.5 Å². The van der Waals surface area contributed by atoms with Crippen molar-refractivity contribution in [1.29, 1.82) is 0 Å². The number of amides is 1. The van der Waals surface area contributed by atoms with E-state index in [4.69, 9.17) is 9.47 Å². The summed E-state index contributed by atoms with van der Waals surface area (Å²) in [5, 5.41) is 23.0. The summed E-state index contributed by atoms with van der Waals surface area (Å²) >= 11 is 2.74. The topological polar surface area (TPSA) is 102 Å². The molecule has 0 saturated carbocycles. The SMILES string of the molecule is C=CCOc1cccc(C2/C(=C(\O)c3ccc4c(c3)CC(C)O4)C(=O)C(=O)N2c2nnc(SCc3cccc4ccccc34)s2)c1. The number of thioether (sulfide) groups is 1. The summed E-state index contributed by atoms with van der Waals surface area (Å²) in [7, 11) is 0. The molecule has 4 aromatic carbocycles. The van der Waals surface area contributed by atoms with E-state index in [2.05, 4.69) is 41.0 Å². The predicted octanol–water partition coefficient (Wildman–Crippen LogP) is 7.50. The average Bonchev–Trinajstić information content (AvgIpc) is 3.77. The number of aromatic nitrogens is 2. The molecule has 5 aromatic rings. The third-order valence-corrected chi connectivity index (χ3v) is 10.1. The highest BCUT2D eigenvalue weighted by Crippen LogP contribution is 2.45. The van der Waals surface area contributed by atoms with Gasteiger partial charge < -0.3 is 14.6 Å². The maximum atomic E-state index is 13.8. The van der Waals surface area contributed by atoms with Gasteiger partial charge >= 0.3 is 5.91 Å². The number of ether oxygens (including phenoxy) is 2. The molecule has 3 heterocycles. The summed E-state index contributed by atoms with van der Waals surface area (Å²) in [6.45, 7) is 5.97. The molecule has 230 valence electrons. The van der Waals surface area contributed by atoms with E-state index in [0.29, 0.717) is 33.4 Å². The second-order valence-corrected chi connectivity index (χ2v) is 13.3. The summed E-state index contributed by atoms with van der Waals surface area (Å²) in [6.07, 6.45) is 2.33. The normalized spacial score (nSPS) is 18.5. The van der Waals surface area contributed by atoms with E-state index in [9.17, 15) is 14.7 Å². The lowest BCUT2D eigenvalue weighted by molar-refractivity contribution is -0.132. The molecule has 7 rings (SSSR count). The second kappa shape index (κ2) is 12.5. The number of aliphatic hydroxyl groups is 1. The Morgan fingerprint density at radius 2 is 1.91 bits per heavy atom. The van der Waals surface area contributed by atoms with Crippen molar-refractivity contribution in [2.24, 2.45) is 0 Å². The molecule has 1 aromatic heterocycles. The Bertz CT molecular complexity index is 2030. The van der Waals surface area contributed by atoms with Crippen molar-refractivity contribution in [3.05, 3.63) is 125 Å². The molecule has 2 aliphatic heterocycles. The van der Waals surface area contributed by atoms with Crippen molar-refractivity contribution in [1.82, 2.24) is 10.2 Å². The number of carbonyl (C=O) groups excluding carboxylic acids is 2. The highest BCUT2D eigenvalue weighted by molar-refractivity contribution is 8.00. The Hall–Kier alpha value is -4.93. The molecule has 10 heteroatoms. The summed E-state index contributed by atoms with van der Waals surface area (Å²) in [4.78, 5) is 28.8. The summed E-state index contributed by atoms with van der Waals surface area (Å²) in [5.41, 5.74) is 3.07. The Labute approximate surface area is 274 Å². The van der Waals surface area contributed by atoms with Crippen LogP contribution >= 0.6 is 23.1 Å². The number of benzene rings is 4. The number of nitrogens with zero attached hydrogens (tertiary/aromatic N) is 3. The molecule has 2 unspecified atom stereocenters. The van der Waals surface area contributed by atoms with Crippen LogP contribution in [0.2, 0.25) is 0 Å². The number of rotatable bonds is 9. The molecule has 0 aliphatic carbocycles. The van der Waals surface area contributed by atoms with Crippen molar-refractivity contribution in [3.63, 3.8) is 0 Å². The third kappa shape index (κ3) is 5.54. The van der Waals surface area contributed by atoms with E-state index in [1.54, 1.807) is 42.5 Å². The van der Waals surface area contributed by atoms with Gasteiger partial charge in [0.2, 0.25) is 5.13 Å². The zero-order chi connectivity index (χ0) is 31.8. The van der Waals surface area contributed by atoms with Gasteiger partial charge in [0, 0.05) is 17.7 Å². The molecule has 1 fully saturated rings. The second-order valence-electron chi connectivity index (χ2n) is 11.1. The maximum Gasteiger partial charge on any atom is 0.301 e. The molecule has 0 bridgehead atoms. The first kappa shape index (κ1) is 29.8. The first-order valence-electron chi connectivity index (χ1n) is 14.8. The quantitative estimate of drug-likeness (QED) is 0.0438. The van der Waals surface area contributed by atoms with Crippen LogP contribution in [0.15, 0.2) is 107 Å². The van der Waals surface area contributed by atoms with Gasteiger partial charge in [0.15, 0.2) is 4.34 Å². The van der Waals surface area contributed by atoms with Crippen LogP contribution in [0.3, 0.4) is 0 Å². The zero-order valence-corrected chi connectivity index (χ0v) is 26.5. The van der Waals surface area contributed by atoms with Crippen LogP contribution in [0.25, 0.3) is 16.5 Å². The Morgan fingerprint density at radius 3 is 2.78 bits per heavy atom. The number of aliphatic hydroxyl groups excluding tert-OH is 1. The van der Waals surface area contributed by atoms with Crippen molar-refractivity contribution in [2.45, 2.75) is 35.6 Å². The lowest BCUT2D eigenvalue weighted by Crippen LogP contribution is -2.29. The monoisotopic (exact) mass is 647 g/mol. The molecule has 8 nitrogen and oxygen atoms in total. The van der Waals surface area contributed by atoms with Crippen LogP contribution in [0.5, 0.6) is 11.5 Å². The molecule has 1 amide bonds. The van der Waals surface area contributed by atoms with Crippen LogP contribution in [0.4, 0.5) is 5.13 Å². The molecule has 0 radical (unpaired) electrons. The van der Waals surface area contributed by atoms with Crippen molar-refractivity contribution in [3.8, 4) is 11.5 Å². The molecule has 46 heavy (non-hydrogen) atoms. The fourth-order valence-corrected chi connectivity index (χ4v) is 7.79. The van der Waals surface area contributed by atoms with E-state index >= 15 is 0 Å². The fraction of sp³-hybridized carbons (Fsp3) is 0.167. The van der Waals surface area contributed by atoms with Gasteiger partial charge in [-0.15, -0.1) is 10.2 Å². The first-order chi connectivity index (χ1) is 22.4. The number of anilines is 1. The van der Waals surface area contributed by atoms with Crippen LogP contribution < -0.4 is 14.4 Å².